The lowest BCUT2D eigenvalue weighted by molar-refractivity contribution is -0.138. The van der Waals surface area contributed by atoms with Crippen LogP contribution in [0.4, 0.5) is 4.39 Å². The Hall–Kier alpha value is -1.42. The van der Waals surface area contributed by atoms with Crippen LogP contribution in [0, 0.1) is 5.82 Å². The Kier molecular flexibility index (Phi) is 3.74. The van der Waals surface area contributed by atoms with Crippen molar-refractivity contribution < 1.29 is 13.9 Å². The Morgan fingerprint density at radius 2 is 2.29 bits per heavy atom. The van der Waals surface area contributed by atoms with Gasteiger partial charge in [-0.05, 0) is 6.07 Å². The van der Waals surface area contributed by atoms with Crippen LogP contribution in [0.25, 0.3) is 0 Å². The molecule has 92 valence electrons. The van der Waals surface area contributed by atoms with Crippen LogP contribution in [0.3, 0.4) is 0 Å². The van der Waals surface area contributed by atoms with E-state index in [9.17, 15) is 9.18 Å². The van der Waals surface area contributed by atoms with Gasteiger partial charge in [0, 0.05) is 18.5 Å². The van der Waals surface area contributed by atoms with Gasteiger partial charge in [-0.3, -0.25) is 4.79 Å². The maximum absolute atomic E-state index is 13.6. The summed E-state index contributed by atoms with van der Waals surface area (Å²) in [5.41, 5.74) is 0.529. The van der Waals surface area contributed by atoms with Gasteiger partial charge in [0.1, 0.15) is 11.9 Å². The average molecular weight is 237 g/mol. The number of carbonyl (C=O) groups is 1. The number of rotatable bonds is 2. The van der Waals surface area contributed by atoms with Crippen molar-refractivity contribution in [3.05, 3.63) is 35.6 Å². The molecule has 1 heterocycles. The van der Waals surface area contributed by atoms with Crippen LogP contribution in [0.5, 0.6) is 0 Å². The van der Waals surface area contributed by atoms with Gasteiger partial charge in [0.25, 0.3) is 0 Å². The molecule has 2 rings (SSSR count). The van der Waals surface area contributed by atoms with Crippen LogP contribution in [-0.2, 0) is 9.53 Å². The third-order valence-electron chi connectivity index (χ3n) is 2.97. The zero-order valence-corrected chi connectivity index (χ0v) is 9.86. The summed E-state index contributed by atoms with van der Waals surface area (Å²) in [4.78, 5) is 13.3. The SMILES string of the molecule is CCC(=O)N1CCO[C@@H](c2ccccc2F)C1. The molecule has 0 N–H and O–H groups in total. The van der Waals surface area contributed by atoms with Gasteiger partial charge in [-0.15, -0.1) is 0 Å². The molecule has 0 saturated carbocycles. The first kappa shape index (κ1) is 12.0. The highest BCUT2D eigenvalue weighted by atomic mass is 19.1. The number of nitrogens with zero attached hydrogens (tertiary/aromatic N) is 1. The minimum absolute atomic E-state index is 0.0923. The lowest BCUT2D eigenvalue weighted by atomic mass is 10.1. The van der Waals surface area contributed by atoms with Crippen LogP contribution >= 0.6 is 0 Å². The van der Waals surface area contributed by atoms with Crippen LogP contribution in [0.1, 0.15) is 25.0 Å². The molecular formula is C13H16FNO2. The molecule has 1 atom stereocenters. The maximum Gasteiger partial charge on any atom is 0.222 e. The number of ether oxygens (including phenoxy) is 1. The van der Waals surface area contributed by atoms with Crippen LogP contribution < -0.4 is 0 Å². The van der Waals surface area contributed by atoms with Crippen molar-refractivity contribution in [2.24, 2.45) is 0 Å². The van der Waals surface area contributed by atoms with E-state index in [1.54, 1.807) is 23.1 Å². The van der Waals surface area contributed by atoms with Crippen LogP contribution in [0.2, 0.25) is 0 Å². The van der Waals surface area contributed by atoms with Gasteiger partial charge in [0.15, 0.2) is 0 Å². The Labute approximate surface area is 100 Å². The molecule has 4 heteroatoms. The summed E-state index contributed by atoms with van der Waals surface area (Å²) >= 11 is 0. The van der Waals surface area contributed by atoms with E-state index in [4.69, 9.17) is 4.74 Å². The largest absolute Gasteiger partial charge is 0.370 e. The smallest absolute Gasteiger partial charge is 0.222 e. The monoisotopic (exact) mass is 237 g/mol. The second kappa shape index (κ2) is 5.27. The Bertz CT molecular complexity index is 408. The van der Waals surface area contributed by atoms with E-state index >= 15 is 0 Å². The number of amides is 1. The fraction of sp³-hybridized carbons (Fsp3) is 0.462. The normalized spacial score (nSPS) is 20.4. The number of carbonyl (C=O) groups excluding carboxylic acids is 1. The summed E-state index contributed by atoms with van der Waals surface area (Å²) in [6.07, 6.45) is 0.129. The van der Waals surface area contributed by atoms with Gasteiger partial charge in [-0.1, -0.05) is 25.1 Å². The van der Waals surface area contributed by atoms with Crippen molar-refractivity contribution in [2.75, 3.05) is 19.7 Å². The lowest BCUT2D eigenvalue weighted by Gasteiger charge is -2.33. The number of hydrogen-bond acceptors (Lipinski definition) is 2. The molecule has 1 aliphatic heterocycles. The molecule has 1 aromatic carbocycles. The fourth-order valence-electron chi connectivity index (χ4n) is 2.02. The van der Waals surface area contributed by atoms with E-state index in [0.717, 1.165) is 0 Å². The van der Waals surface area contributed by atoms with Crippen molar-refractivity contribution in [1.29, 1.82) is 0 Å². The van der Waals surface area contributed by atoms with E-state index in [0.29, 0.717) is 31.7 Å². The first-order valence-corrected chi connectivity index (χ1v) is 5.86. The van der Waals surface area contributed by atoms with Crippen LogP contribution in [-0.4, -0.2) is 30.5 Å². The molecule has 0 radical (unpaired) electrons. The first-order chi connectivity index (χ1) is 8.22. The van der Waals surface area contributed by atoms with Crippen molar-refractivity contribution >= 4 is 5.91 Å². The zero-order valence-electron chi connectivity index (χ0n) is 9.86. The molecule has 0 spiro atoms. The third kappa shape index (κ3) is 2.64. The zero-order chi connectivity index (χ0) is 12.3. The molecule has 17 heavy (non-hydrogen) atoms. The maximum atomic E-state index is 13.6. The summed E-state index contributed by atoms with van der Waals surface area (Å²) in [6.45, 7) is 3.33. The summed E-state index contributed by atoms with van der Waals surface area (Å²) < 4.78 is 19.1. The summed E-state index contributed by atoms with van der Waals surface area (Å²) in [6, 6.07) is 6.55. The second-order valence-corrected chi connectivity index (χ2v) is 4.07. The topological polar surface area (TPSA) is 29.5 Å². The molecule has 0 bridgehead atoms. The Balaban J connectivity index is 2.12. The summed E-state index contributed by atoms with van der Waals surface area (Å²) in [7, 11) is 0. The first-order valence-electron chi connectivity index (χ1n) is 5.86. The fourth-order valence-corrected chi connectivity index (χ4v) is 2.02. The number of morpholine rings is 1. The molecular weight excluding hydrogens is 221 g/mol. The van der Waals surface area contributed by atoms with E-state index in [2.05, 4.69) is 0 Å². The van der Waals surface area contributed by atoms with Gasteiger partial charge >= 0.3 is 0 Å². The highest BCUT2D eigenvalue weighted by molar-refractivity contribution is 5.75. The summed E-state index contributed by atoms with van der Waals surface area (Å²) in [5.74, 6) is -0.182. The number of hydrogen-bond donors (Lipinski definition) is 0. The molecule has 0 aliphatic carbocycles. The molecule has 0 aromatic heterocycles. The van der Waals surface area contributed by atoms with E-state index in [1.165, 1.54) is 6.07 Å². The molecule has 3 nitrogen and oxygen atoms in total. The Morgan fingerprint density at radius 1 is 1.53 bits per heavy atom. The predicted octanol–water partition coefficient (Wildman–Crippen LogP) is 2.14. The van der Waals surface area contributed by atoms with Gasteiger partial charge in [-0.25, -0.2) is 4.39 Å². The number of halogens is 1. The lowest BCUT2D eigenvalue weighted by Crippen LogP contribution is -2.42. The van der Waals surface area contributed by atoms with Crippen LogP contribution in [0.15, 0.2) is 24.3 Å². The molecule has 0 unspecified atom stereocenters. The molecule has 1 aromatic rings. The molecule has 1 saturated heterocycles. The Morgan fingerprint density at radius 3 is 3.00 bits per heavy atom. The van der Waals surface area contributed by atoms with Gasteiger partial charge < -0.3 is 9.64 Å². The minimum Gasteiger partial charge on any atom is -0.370 e. The highest BCUT2D eigenvalue weighted by Crippen LogP contribution is 2.24. The standard InChI is InChI=1S/C13H16FNO2/c1-2-13(16)15-7-8-17-12(9-15)10-5-3-4-6-11(10)14/h3-6,12H,2,7-9H2,1H3/t12-/m1/s1. The number of benzene rings is 1. The van der Waals surface area contributed by atoms with Crippen molar-refractivity contribution in [3.63, 3.8) is 0 Å². The predicted molar refractivity (Wildman–Crippen MR) is 62.0 cm³/mol. The minimum atomic E-state index is -0.347. The molecule has 1 fully saturated rings. The van der Waals surface area contributed by atoms with E-state index < -0.39 is 0 Å². The molecule has 1 amide bonds. The van der Waals surface area contributed by atoms with E-state index in [1.807, 2.05) is 6.92 Å². The van der Waals surface area contributed by atoms with Gasteiger partial charge in [0.2, 0.25) is 5.91 Å². The third-order valence-corrected chi connectivity index (χ3v) is 2.97. The average Bonchev–Trinajstić information content (AvgIpc) is 2.38. The second-order valence-electron chi connectivity index (χ2n) is 4.07. The van der Waals surface area contributed by atoms with Crippen molar-refractivity contribution in [1.82, 2.24) is 4.90 Å². The summed E-state index contributed by atoms with van der Waals surface area (Å²) in [5, 5.41) is 0. The van der Waals surface area contributed by atoms with E-state index in [-0.39, 0.29) is 17.8 Å². The highest BCUT2D eigenvalue weighted by Gasteiger charge is 2.26. The quantitative estimate of drug-likeness (QED) is 0.788. The molecule has 1 aliphatic rings. The van der Waals surface area contributed by atoms with Gasteiger partial charge in [-0.2, -0.15) is 0 Å². The van der Waals surface area contributed by atoms with Crippen molar-refractivity contribution in [3.8, 4) is 0 Å². The van der Waals surface area contributed by atoms with Gasteiger partial charge in [0.05, 0.1) is 13.2 Å². The van der Waals surface area contributed by atoms with Crippen molar-refractivity contribution in [2.45, 2.75) is 19.4 Å².